The summed E-state index contributed by atoms with van der Waals surface area (Å²) in [6.45, 7) is -1.35. The van der Waals surface area contributed by atoms with Gasteiger partial charge in [-0.2, -0.15) is 31.9 Å². The van der Waals surface area contributed by atoms with E-state index in [1.165, 1.54) is 12.1 Å². The van der Waals surface area contributed by atoms with Gasteiger partial charge in [-0.25, -0.2) is 13.8 Å². The second-order valence-corrected chi connectivity index (χ2v) is 14.6. The standard InChI is InChI=1S/C37H35F7N6O3/c1-2-24-26(38)6-3-19-13-23(51)14-25(27(19)24)30-29(39)31-28(33(46-30)53-34(40)41)32(50-15-21-4-5-22(16-50)45-21)48-35(47-31)52-18-36(9-10-36)17-49-11-7-20(8-12-49)37(42,43)44/h1,3,6,13-14,20-22,34,45,51H,4-5,7-12,15-18H2. The minimum atomic E-state index is -4.22. The second kappa shape index (κ2) is 13.3. The van der Waals surface area contributed by atoms with Gasteiger partial charge >= 0.3 is 18.8 Å². The number of nitrogens with zero attached hydrogens (tertiary/aromatic N) is 5. The van der Waals surface area contributed by atoms with Crippen LogP contribution in [0.5, 0.6) is 17.6 Å². The number of piperidine rings is 1. The summed E-state index contributed by atoms with van der Waals surface area (Å²) < 4.78 is 111. The number of phenols is 1. The van der Waals surface area contributed by atoms with Crippen molar-refractivity contribution in [2.45, 2.75) is 63.4 Å². The molecule has 9 nitrogen and oxygen atoms in total. The van der Waals surface area contributed by atoms with Crippen LogP contribution in [0.25, 0.3) is 32.9 Å². The minimum absolute atomic E-state index is 0.0124. The first-order chi connectivity index (χ1) is 25.3. The van der Waals surface area contributed by atoms with Gasteiger partial charge in [0.15, 0.2) is 5.82 Å². The summed E-state index contributed by atoms with van der Waals surface area (Å²) in [5.41, 5.74) is -1.84. The topological polar surface area (TPSA) is 95.9 Å². The van der Waals surface area contributed by atoms with E-state index in [2.05, 4.69) is 26.2 Å². The Hall–Kier alpha value is -4.62. The van der Waals surface area contributed by atoms with Crippen molar-refractivity contribution in [3.63, 3.8) is 0 Å². The monoisotopic (exact) mass is 744 g/mol. The molecule has 3 aliphatic heterocycles. The van der Waals surface area contributed by atoms with Crippen molar-refractivity contribution in [2.75, 3.05) is 44.2 Å². The number of aromatic nitrogens is 3. The number of nitrogens with one attached hydrogen (secondary N) is 1. The van der Waals surface area contributed by atoms with E-state index in [9.17, 15) is 31.4 Å². The number of piperazine rings is 1. The Balaban J connectivity index is 1.22. The molecule has 2 N–H and O–H groups in total. The van der Waals surface area contributed by atoms with Crippen molar-refractivity contribution in [2.24, 2.45) is 11.3 Å². The fourth-order valence-corrected chi connectivity index (χ4v) is 8.10. The van der Waals surface area contributed by atoms with Crippen molar-refractivity contribution in [3.8, 4) is 41.2 Å². The molecule has 2 bridgehead atoms. The minimum Gasteiger partial charge on any atom is -0.508 e. The predicted molar refractivity (Wildman–Crippen MR) is 181 cm³/mol. The second-order valence-electron chi connectivity index (χ2n) is 14.6. The Morgan fingerprint density at radius 3 is 2.36 bits per heavy atom. The molecule has 0 radical (unpaired) electrons. The predicted octanol–water partition coefficient (Wildman–Crippen LogP) is 6.79. The lowest BCUT2D eigenvalue weighted by atomic mass is 9.95. The summed E-state index contributed by atoms with van der Waals surface area (Å²) in [7, 11) is 0. The molecule has 1 saturated carbocycles. The van der Waals surface area contributed by atoms with Crippen LogP contribution in [0.2, 0.25) is 0 Å². The van der Waals surface area contributed by atoms with Gasteiger partial charge in [-0.15, -0.1) is 6.42 Å². The van der Waals surface area contributed by atoms with E-state index < -0.39 is 47.4 Å². The normalized spacial score (nSPS) is 21.8. The van der Waals surface area contributed by atoms with Crippen LogP contribution in [0.1, 0.15) is 44.1 Å². The molecule has 2 aromatic heterocycles. The molecule has 0 spiro atoms. The van der Waals surface area contributed by atoms with E-state index in [1.807, 2.05) is 9.80 Å². The summed E-state index contributed by atoms with van der Waals surface area (Å²) in [5, 5.41) is 14.1. The van der Waals surface area contributed by atoms with E-state index in [0.29, 0.717) is 32.7 Å². The maximum absolute atomic E-state index is 17.1. The number of benzene rings is 2. The number of terminal acetylenes is 1. The number of fused-ring (bicyclic) bond motifs is 4. The third-order valence-corrected chi connectivity index (χ3v) is 11.0. The van der Waals surface area contributed by atoms with Crippen LogP contribution >= 0.6 is 0 Å². The van der Waals surface area contributed by atoms with Gasteiger partial charge in [-0.05, 0) is 75.2 Å². The highest BCUT2D eigenvalue weighted by Crippen LogP contribution is 2.48. The van der Waals surface area contributed by atoms with E-state index in [4.69, 9.17) is 15.9 Å². The molecular formula is C37H35F7N6O3. The molecule has 8 rings (SSSR count). The molecule has 53 heavy (non-hydrogen) atoms. The van der Waals surface area contributed by atoms with Crippen LogP contribution < -0.4 is 19.7 Å². The number of anilines is 1. The summed E-state index contributed by atoms with van der Waals surface area (Å²) in [5.74, 6) is -1.92. The molecular weight excluding hydrogens is 709 g/mol. The number of hydrogen-bond acceptors (Lipinski definition) is 9. The van der Waals surface area contributed by atoms with Crippen molar-refractivity contribution >= 4 is 27.5 Å². The maximum atomic E-state index is 17.1. The van der Waals surface area contributed by atoms with Crippen LogP contribution in [-0.4, -0.2) is 89.2 Å². The number of ether oxygens (including phenoxy) is 2. The first-order valence-electron chi connectivity index (χ1n) is 17.5. The van der Waals surface area contributed by atoms with Crippen LogP contribution in [0, 0.1) is 35.3 Å². The Morgan fingerprint density at radius 1 is 1.00 bits per heavy atom. The fraction of sp³-hybridized carbons (Fsp3) is 0.486. The number of halogens is 7. The van der Waals surface area contributed by atoms with Crippen molar-refractivity contribution in [1.29, 1.82) is 0 Å². The van der Waals surface area contributed by atoms with Gasteiger partial charge in [0.1, 0.15) is 34.0 Å². The molecule has 2 aromatic carbocycles. The van der Waals surface area contributed by atoms with E-state index >= 15 is 4.39 Å². The highest BCUT2D eigenvalue weighted by Gasteiger charge is 2.47. The lowest BCUT2D eigenvalue weighted by molar-refractivity contribution is -0.185. The Kier molecular flexibility index (Phi) is 8.92. The summed E-state index contributed by atoms with van der Waals surface area (Å²) in [4.78, 5) is 17.1. The lowest BCUT2D eigenvalue weighted by Gasteiger charge is -2.35. The maximum Gasteiger partial charge on any atom is 0.391 e. The van der Waals surface area contributed by atoms with E-state index in [0.717, 1.165) is 37.8 Å². The molecule has 280 valence electrons. The highest BCUT2D eigenvalue weighted by molar-refractivity contribution is 6.04. The Bertz CT molecular complexity index is 2100. The van der Waals surface area contributed by atoms with Gasteiger partial charge in [0.25, 0.3) is 0 Å². The van der Waals surface area contributed by atoms with Crippen LogP contribution in [0.15, 0.2) is 24.3 Å². The van der Waals surface area contributed by atoms with Crippen LogP contribution in [-0.2, 0) is 0 Å². The summed E-state index contributed by atoms with van der Waals surface area (Å²) in [6.07, 6.45) is 4.70. The van der Waals surface area contributed by atoms with Crippen molar-refractivity contribution in [1.82, 2.24) is 25.2 Å². The van der Waals surface area contributed by atoms with Gasteiger partial charge in [0, 0.05) is 48.1 Å². The SMILES string of the molecule is C#Cc1c(F)ccc2cc(O)cc(-c3nc(OC(F)F)c4c(N5CC6CCC(C5)N6)nc(OCC5(CN6CCC(C(F)(F)F)CC6)CC5)nc4c3F)c12. The molecule has 5 heterocycles. The Morgan fingerprint density at radius 2 is 1.72 bits per heavy atom. The zero-order valence-electron chi connectivity index (χ0n) is 28.3. The number of phenolic OH excluding ortho intramolecular Hbond substituents is 1. The van der Waals surface area contributed by atoms with Crippen LogP contribution in [0.3, 0.4) is 0 Å². The van der Waals surface area contributed by atoms with Crippen molar-refractivity contribution < 1.29 is 45.3 Å². The van der Waals surface area contributed by atoms with Gasteiger partial charge in [-0.3, -0.25) is 0 Å². The third kappa shape index (κ3) is 6.85. The number of likely N-dealkylation sites (tertiary alicyclic amines) is 1. The van der Waals surface area contributed by atoms with Gasteiger partial charge in [0.05, 0.1) is 18.1 Å². The van der Waals surface area contributed by atoms with E-state index in [-0.39, 0.29) is 81.8 Å². The largest absolute Gasteiger partial charge is 0.508 e. The quantitative estimate of drug-likeness (QED) is 0.142. The van der Waals surface area contributed by atoms with Crippen molar-refractivity contribution in [3.05, 3.63) is 41.5 Å². The summed E-state index contributed by atoms with van der Waals surface area (Å²) >= 11 is 0. The molecule has 2 atom stereocenters. The molecule has 4 aliphatic rings. The summed E-state index contributed by atoms with van der Waals surface area (Å²) in [6, 6.07) is 4.71. The highest BCUT2D eigenvalue weighted by atomic mass is 19.4. The molecule has 16 heteroatoms. The molecule has 2 unspecified atom stereocenters. The molecule has 4 aromatic rings. The molecule has 1 aliphatic carbocycles. The van der Waals surface area contributed by atoms with Gasteiger partial charge in [-0.1, -0.05) is 12.0 Å². The average molecular weight is 745 g/mol. The fourth-order valence-electron chi connectivity index (χ4n) is 8.10. The molecule has 4 fully saturated rings. The number of pyridine rings is 1. The third-order valence-electron chi connectivity index (χ3n) is 11.0. The number of rotatable bonds is 9. The first-order valence-corrected chi connectivity index (χ1v) is 17.5. The molecule has 0 amide bonds. The number of alkyl halides is 5. The zero-order valence-corrected chi connectivity index (χ0v) is 28.3. The Labute approximate surface area is 299 Å². The van der Waals surface area contributed by atoms with Gasteiger partial charge in [0.2, 0.25) is 5.88 Å². The lowest BCUT2D eigenvalue weighted by Crippen LogP contribution is -2.51. The van der Waals surface area contributed by atoms with E-state index in [1.54, 1.807) is 0 Å². The van der Waals surface area contributed by atoms with Crippen LogP contribution in [0.4, 0.5) is 36.6 Å². The average Bonchev–Trinajstić information content (AvgIpc) is 3.80. The smallest absolute Gasteiger partial charge is 0.391 e. The molecule has 3 saturated heterocycles. The number of aromatic hydroxyl groups is 1. The first kappa shape index (κ1) is 35.4. The zero-order chi connectivity index (χ0) is 37.2. The number of hydrogen-bond donors (Lipinski definition) is 2. The van der Waals surface area contributed by atoms with Gasteiger partial charge < -0.3 is 29.7 Å².